The predicted octanol–water partition coefficient (Wildman–Crippen LogP) is 5.44. The summed E-state index contributed by atoms with van der Waals surface area (Å²) in [4.78, 5) is 29.5. The van der Waals surface area contributed by atoms with Crippen molar-refractivity contribution in [2.75, 3.05) is 6.61 Å². The number of ether oxygens (including phenoxy) is 2. The van der Waals surface area contributed by atoms with Crippen LogP contribution in [0.3, 0.4) is 0 Å². The van der Waals surface area contributed by atoms with E-state index in [0.717, 1.165) is 12.5 Å². The average Bonchev–Trinajstić information content (AvgIpc) is 3.25. The van der Waals surface area contributed by atoms with Crippen molar-refractivity contribution in [3.05, 3.63) is 117 Å². The molecule has 222 valence electrons. The Morgan fingerprint density at radius 2 is 1.89 bits per heavy atom. The fraction of sp³-hybridized carbons (Fsp3) is 0.212. The van der Waals surface area contributed by atoms with Gasteiger partial charge in [-0.2, -0.15) is 5.26 Å². The standard InChI is InChI=1S/C33H26F2N4O5/c1-19-11-23(16-39-32(40)25-8-7-21(33(41)42)13-30(25)38(39)17-24-9-10-43-24)28(35)14-26(19)29-3-2-4-31(37-29)44-18-22-6-5-20(15-36)12-27(22)34/h2-8,11-14,24H,9-10,16-18H2,1H3,(H,41,42). The summed E-state index contributed by atoms with van der Waals surface area (Å²) in [5, 5.41) is 18.8. The van der Waals surface area contributed by atoms with E-state index < -0.39 is 17.6 Å². The van der Waals surface area contributed by atoms with Crippen molar-refractivity contribution >= 4 is 16.9 Å². The zero-order chi connectivity index (χ0) is 31.0. The summed E-state index contributed by atoms with van der Waals surface area (Å²) >= 11 is 0. The molecule has 0 bridgehead atoms. The molecule has 3 heterocycles. The van der Waals surface area contributed by atoms with E-state index >= 15 is 4.39 Å². The second-order valence-electron chi connectivity index (χ2n) is 10.6. The maximum absolute atomic E-state index is 15.7. The number of rotatable bonds is 9. The molecular formula is C33H26F2N4O5. The Kier molecular flexibility index (Phi) is 7.67. The molecule has 0 aliphatic carbocycles. The Balaban J connectivity index is 1.29. The number of fused-ring (bicyclic) bond motifs is 1. The van der Waals surface area contributed by atoms with Gasteiger partial charge < -0.3 is 14.6 Å². The molecule has 0 amide bonds. The summed E-state index contributed by atoms with van der Waals surface area (Å²) in [6.07, 6.45) is 0.667. The largest absolute Gasteiger partial charge is 0.478 e. The van der Waals surface area contributed by atoms with Crippen LogP contribution in [0.1, 0.15) is 39.0 Å². The number of benzene rings is 3. The second kappa shape index (κ2) is 11.7. The van der Waals surface area contributed by atoms with Crippen molar-refractivity contribution in [2.45, 2.75) is 39.1 Å². The first-order chi connectivity index (χ1) is 21.2. The highest BCUT2D eigenvalue weighted by Gasteiger charge is 2.24. The fourth-order valence-corrected chi connectivity index (χ4v) is 5.24. The van der Waals surface area contributed by atoms with Crippen LogP contribution in [-0.4, -0.2) is 38.1 Å². The first-order valence-electron chi connectivity index (χ1n) is 13.9. The predicted molar refractivity (Wildman–Crippen MR) is 156 cm³/mol. The Labute approximate surface area is 250 Å². The summed E-state index contributed by atoms with van der Waals surface area (Å²) in [7, 11) is 0. The minimum Gasteiger partial charge on any atom is -0.478 e. The lowest BCUT2D eigenvalue weighted by molar-refractivity contribution is -0.0618. The number of hydrogen-bond acceptors (Lipinski definition) is 6. The third-order valence-corrected chi connectivity index (χ3v) is 7.72. The average molecular weight is 597 g/mol. The van der Waals surface area contributed by atoms with Crippen LogP contribution in [-0.2, 0) is 24.4 Å². The van der Waals surface area contributed by atoms with Crippen molar-refractivity contribution < 1.29 is 28.2 Å². The van der Waals surface area contributed by atoms with E-state index in [1.807, 2.05) is 6.07 Å². The van der Waals surface area contributed by atoms with E-state index in [1.54, 1.807) is 35.9 Å². The Bertz CT molecular complexity index is 2020. The van der Waals surface area contributed by atoms with Gasteiger partial charge in [-0.25, -0.2) is 23.2 Å². The topological polar surface area (TPSA) is 119 Å². The number of carboxylic acids is 1. The number of aryl methyl sites for hydroxylation is 1. The van der Waals surface area contributed by atoms with Crippen LogP contribution in [0, 0.1) is 29.9 Å². The number of nitriles is 1. The van der Waals surface area contributed by atoms with Crippen LogP contribution < -0.4 is 10.3 Å². The number of carboxylic acid groups (broad SMARTS) is 1. The molecule has 44 heavy (non-hydrogen) atoms. The third-order valence-electron chi connectivity index (χ3n) is 7.72. The van der Waals surface area contributed by atoms with Gasteiger partial charge in [0.05, 0.1) is 53.0 Å². The van der Waals surface area contributed by atoms with Gasteiger partial charge in [0.25, 0.3) is 5.56 Å². The Morgan fingerprint density at radius 3 is 2.59 bits per heavy atom. The van der Waals surface area contributed by atoms with E-state index in [2.05, 4.69) is 4.98 Å². The van der Waals surface area contributed by atoms with E-state index in [4.69, 9.17) is 14.7 Å². The summed E-state index contributed by atoms with van der Waals surface area (Å²) in [6.45, 7) is 2.55. The molecule has 0 saturated carbocycles. The number of nitrogens with zero attached hydrogens (tertiary/aromatic N) is 4. The monoisotopic (exact) mass is 596 g/mol. The fourth-order valence-electron chi connectivity index (χ4n) is 5.24. The van der Waals surface area contributed by atoms with Gasteiger partial charge in [0.1, 0.15) is 18.2 Å². The van der Waals surface area contributed by atoms with Crippen LogP contribution in [0.2, 0.25) is 0 Å². The summed E-state index contributed by atoms with van der Waals surface area (Å²) in [5.74, 6) is -2.01. The zero-order valence-electron chi connectivity index (χ0n) is 23.6. The van der Waals surface area contributed by atoms with Gasteiger partial charge in [0.2, 0.25) is 5.88 Å². The highest BCUT2D eigenvalue weighted by atomic mass is 19.1. The molecule has 6 rings (SSSR count). The molecule has 1 aliphatic heterocycles. The molecular weight excluding hydrogens is 570 g/mol. The van der Waals surface area contributed by atoms with Crippen LogP contribution in [0.15, 0.2) is 71.5 Å². The molecule has 0 radical (unpaired) electrons. The lowest BCUT2D eigenvalue weighted by Crippen LogP contribution is -2.35. The molecule has 0 spiro atoms. The molecule has 2 aromatic heterocycles. The van der Waals surface area contributed by atoms with E-state index in [9.17, 15) is 19.1 Å². The molecule has 9 nitrogen and oxygen atoms in total. The SMILES string of the molecule is Cc1cc(Cn2c(=O)c3ccc(C(=O)O)cc3n2CC2CCO2)c(F)cc1-c1cccc(OCc2ccc(C#N)cc2F)n1. The maximum Gasteiger partial charge on any atom is 0.335 e. The molecule has 1 aliphatic rings. The summed E-state index contributed by atoms with van der Waals surface area (Å²) in [6, 6.07) is 18.3. The highest BCUT2D eigenvalue weighted by molar-refractivity contribution is 5.93. The van der Waals surface area contributed by atoms with Gasteiger partial charge in [-0.3, -0.25) is 9.48 Å². The first-order valence-corrected chi connectivity index (χ1v) is 13.9. The minimum atomic E-state index is -1.11. The summed E-state index contributed by atoms with van der Waals surface area (Å²) < 4.78 is 44.3. The molecule has 1 unspecified atom stereocenters. The second-order valence-corrected chi connectivity index (χ2v) is 10.6. The summed E-state index contributed by atoms with van der Waals surface area (Å²) in [5.41, 5.74) is 2.54. The molecule has 1 N–H and O–H groups in total. The molecule has 1 atom stereocenters. The van der Waals surface area contributed by atoms with Crippen LogP contribution in [0.4, 0.5) is 8.78 Å². The number of aromatic carboxylic acids is 1. The quantitative estimate of drug-likeness (QED) is 0.241. The normalized spacial score (nSPS) is 14.3. The smallest absolute Gasteiger partial charge is 0.335 e. The van der Waals surface area contributed by atoms with Gasteiger partial charge in [-0.05, 0) is 61.4 Å². The molecule has 1 saturated heterocycles. The number of pyridine rings is 1. The zero-order valence-corrected chi connectivity index (χ0v) is 23.6. The van der Waals surface area contributed by atoms with Crippen molar-refractivity contribution in [1.82, 2.24) is 14.3 Å². The molecule has 5 aromatic rings. The Hall–Kier alpha value is -5.34. The Morgan fingerprint density at radius 1 is 1.09 bits per heavy atom. The molecule has 1 fully saturated rings. The van der Waals surface area contributed by atoms with E-state index in [0.29, 0.717) is 40.9 Å². The van der Waals surface area contributed by atoms with Crippen LogP contribution >= 0.6 is 0 Å². The van der Waals surface area contributed by atoms with Crippen LogP contribution in [0.25, 0.3) is 22.2 Å². The number of halogens is 2. The van der Waals surface area contributed by atoms with Gasteiger partial charge in [-0.1, -0.05) is 18.2 Å². The van der Waals surface area contributed by atoms with Gasteiger partial charge >= 0.3 is 5.97 Å². The molecule has 3 aromatic carbocycles. The molecule has 11 heteroatoms. The minimum absolute atomic E-state index is 0.0463. The number of carbonyl (C=O) groups is 1. The maximum atomic E-state index is 15.7. The van der Waals surface area contributed by atoms with Crippen molar-refractivity contribution in [2.24, 2.45) is 0 Å². The third kappa shape index (κ3) is 5.55. The number of hydrogen-bond donors (Lipinski definition) is 1. The van der Waals surface area contributed by atoms with Crippen molar-refractivity contribution in [3.63, 3.8) is 0 Å². The van der Waals surface area contributed by atoms with Gasteiger partial charge in [0, 0.05) is 29.4 Å². The lowest BCUT2D eigenvalue weighted by atomic mass is 10.0. The van der Waals surface area contributed by atoms with Crippen LogP contribution in [0.5, 0.6) is 5.88 Å². The van der Waals surface area contributed by atoms with Gasteiger partial charge in [-0.15, -0.1) is 0 Å². The number of aromatic nitrogens is 3. The highest BCUT2D eigenvalue weighted by Crippen LogP contribution is 2.28. The first kappa shape index (κ1) is 28.8. The van der Waals surface area contributed by atoms with Gasteiger partial charge in [0.15, 0.2) is 0 Å². The van der Waals surface area contributed by atoms with Crippen molar-refractivity contribution in [1.29, 1.82) is 5.26 Å². The van der Waals surface area contributed by atoms with Crippen molar-refractivity contribution in [3.8, 4) is 23.2 Å². The van der Waals surface area contributed by atoms with E-state index in [-0.39, 0.29) is 52.9 Å². The van der Waals surface area contributed by atoms with E-state index in [1.165, 1.54) is 41.1 Å². The lowest BCUT2D eigenvalue weighted by Gasteiger charge is -2.28.